The molecule has 0 radical (unpaired) electrons. The third-order valence-corrected chi connectivity index (χ3v) is 3.81. The molecule has 1 unspecified atom stereocenters. The van der Waals surface area contributed by atoms with E-state index < -0.39 is 22.8 Å². The van der Waals surface area contributed by atoms with Gasteiger partial charge in [0.2, 0.25) is 16.5 Å². The van der Waals surface area contributed by atoms with Gasteiger partial charge in [-0.05, 0) is 37.3 Å². The van der Waals surface area contributed by atoms with E-state index in [1.165, 1.54) is 25.3 Å². The molecule has 0 heterocycles. The summed E-state index contributed by atoms with van der Waals surface area (Å²) in [7, 11) is 1.20. The fraction of sp³-hybridized carbons (Fsp3) is 0.176. The average Bonchev–Trinajstić information content (AvgIpc) is 2.69. The summed E-state index contributed by atoms with van der Waals surface area (Å²) in [6.45, 7) is 1.59. The van der Waals surface area contributed by atoms with E-state index in [-0.39, 0.29) is 16.9 Å². The molecule has 0 amide bonds. The Balaban J connectivity index is 2.23. The van der Waals surface area contributed by atoms with Gasteiger partial charge in [0.05, 0.1) is 7.11 Å². The molecule has 0 spiro atoms. The molecule has 0 aliphatic rings. The smallest absolute Gasteiger partial charge is 0.321 e. The number of hydrogen-bond acceptors (Lipinski definition) is 6. The summed E-state index contributed by atoms with van der Waals surface area (Å²) in [5.41, 5.74) is 0.0449. The fourth-order valence-electron chi connectivity index (χ4n) is 1.79. The van der Waals surface area contributed by atoms with Crippen molar-refractivity contribution in [1.29, 1.82) is 0 Å². The summed E-state index contributed by atoms with van der Waals surface area (Å²) in [6.07, 6.45) is 0. The van der Waals surface area contributed by atoms with E-state index in [0.29, 0.717) is 11.3 Å². The Morgan fingerprint density at radius 2 is 1.79 bits per heavy atom. The Morgan fingerprint density at radius 3 is 2.46 bits per heavy atom. The Labute approximate surface area is 141 Å². The Hall–Kier alpha value is -2.67. The number of ether oxygens (including phenoxy) is 2. The van der Waals surface area contributed by atoms with Gasteiger partial charge < -0.3 is 13.7 Å². The van der Waals surface area contributed by atoms with Crippen LogP contribution in [0, 0.1) is 6.92 Å². The normalized spacial score (nSPS) is 11.4. The minimum Gasteiger partial charge on any atom is -0.468 e. The second-order valence-corrected chi connectivity index (χ2v) is 5.84. The van der Waals surface area contributed by atoms with Crippen molar-refractivity contribution in [1.82, 2.24) is 0 Å². The van der Waals surface area contributed by atoms with Crippen molar-refractivity contribution in [2.24, 2.45) is 0 Å². The van der Waals surface area contributed by atoms with E-state index in [4.69, 9.17) is 8.92 Å². The third-order valence-electron chi connectivity index (χ3n) is 2.96. The van der Waals surface area contributed by atoms with Crippen LogP contribution in [0.25, 0.3) is 0 Å². The summed E-state index contributed by atoms with van der Waals surface area (Å²) >= 11 is -1.90. The quantitative estimate of drug-likeness (QED) is 0.746. The summed E-state index contributed by atoms with van der Waals surface area (Å²) in [4.78, 5) is 23.4. The lowest BCUT2D eigenvalue weighted by Crippen LogP contribution is -2.15. The molecule has 24 heavy (non-hydrogen) atoms. The summed E-state index contributed by atoms with van der Waals surface area (Å²) < 4.78 is 26.9. The van der Waals surface area contributed by atoms with Gasteiger partial charge in [-0.3, -0.25) is 9.59 Å². The minimum absolute atomic E-state index is 0.118. The maximum Gasteiger partial charge on any atom is 0.321 e. The highest BCUT2D eigenvalue weighted by molar-refractivity contribution is 7.81. The third kappa shape index (κ3) is 4.92. The van der Waals surface area contributed by atoms with Gasteiger partial charge in [0.25, 0.3) is 0 Å². The number of esters is 1. The standard InChI is InChI=1S/C17H16O6S/c1-12-10-14(23-24(20)11-16(18)21-2)8-9-15(17(12)19)22-13-6-4-3-5-7-13/h3-10H,11H2,1-2H3. The molecule has 0 aromatic heterocycles. The SMILES string of the molecule is COC(=O)CS(=O)Oc1ccc(Oc2ccccc2)c(=O)c(C)c1. The van der Waals surface area contributed by atoms with Crippen LogP contribution in [0.2, 0.25) is 0 Å². The molecule has 0 saturated carbocycles. The van der Waals surface area contributed by atoms with Crippen molar-refractivity contribution in [3.63, 3.8) is 0 Å². The highest BCUT2D eigenvalue weighted by atomic mass is 32.2. The van der Waals surface area contributed by atoms with Crippen LogP contribution >= 0.6 is 0 Å². The number of benzene rings is 1. The first-order valence-electron chi connectivity index (χ1n) is 7.01. The van der Waals surface area contributed by atoms with Gasteiger partial charge in [-0.2, -0.15) is 0 Å². The molecule has 2 aromatic carbocycles. The second-order valence-electron chi connectivity index (χ2n) is 4.78. The van der Waals surface area contributed by atoms with Crippen molar-refractivity contribution in [2.75, 3.05) is 12.9 Å². The highest BCUT2D eigenvalue weighted by Crippen LogP contribution is 2.20. The van der Waals surface area contributed by atoms with Crippen LogP contribution in [0.1, 0.15) is 5.56 Å². The Morgan fingerprint density at radius 1 is 1.08 bits per heavy atom. The molecule has 126 valence electrons. The number of carbonyl (C=O) groups is 1. The zero-order valence-electron chi connectivity index (χ0n) is 13.2. The molecule has 2 aromatic rings. The van der Waals surface area contributed by atoms with Crippen molar-refractivity contribution in [2.45, 2.75) is 6.92 Å². The van der Waals surface area contributed by atoms with Crippen LogP contribution in [0.5, 0.6) is 17.2 Å². The van der Waals surface area contributed by atoms with Gasteiger partial charge >= 0.3 is 5.97 Å². The van der Waals surface area contributed by atoms with E-state index in [0.717, 1.165) is 0 Å². The number of rotatable bonds is 6. The van der Waals surface area contributed by atoms with Crippen molar-refractivity contribution in [3.05, 3.63) is 64.3 Å². The summed E-state index contributed by atoms with van der Waals surface area (Å²) in [5.74, 6) is -0.215. The molecule has 6 nitrogen and oxygen atoms in total. The first-order valence-corrected chi connectivity index (χ1v) is 8.25. The van der Waals surface area contributed by atoms with E-state index in [1.54, 1.807) is 31.2 Å². The van der Waals surface area contributed by atoms with E-state index >= 15 is 0 Å². The Bertz CT molecular complexity index is 804. The lowest BCUT2D eigenvalue weighted by molar-refractivity contribution is -0.137. The maximum absolute atomic E-state index is 12.3. The van der Waals surface area contributed by atoms with E-state index in [2.05, 4.69) is 4.74 Å². The number of methoxy groups -OCH3 is 1. The predicted molar refractivity (Wildman–Crippen MR) is 89.6 cm³/mol. The van der Waals surface area contributed by atoms with Crippen LogP contribution in [-0.2, 0) is 20.6 Å². The highest BCUT2D eigenvalue weighted by Gasteiger charge is 2.11. The van der Waals surface area contributed by atoms with E-state index in [9.17, 15) is 13.8 Å². The van der Waals surface area contributed by atoms with Crippen molar-refractivity contribution in [3.8, 4) is 17.2 Å². The lowest BCUT2D eigenvalue weighted by Gasteiger charge is -2.02. The maximum atomic E-state index is 12.3. The molecule has 7 heteroatoms. The molecule has 0 aliphatic heterocycles. The number of hydrogen-bond donors (Lipinski definition) is 0. The number of aryl methyl sites for hydroxylation is 1. The largest absolute Gasteiger partial charge is 0.468 e. The molecule has 2 rings (SSSR count). The zero-order chi connectivity index (χ0) is 17.5. The van der Waals surface area contributed by atoms with Gasteiger partial charge in [0.15, 0.2) is 11.5 Å². The van der Waals surface area contributed by atoms with Crippen molar-refractivity contribution >= 4 is 17.0 Å². The molecular formula is C17H16O6S. The van der Waals surface area contributed by atoms with Crippen LogP contribution in [0.15, 0.2) is 53.3 Å². The lowest BCUT2D eigenvalue weighted by atomic mass is 10.3. The van der Waals surface area contributed by atoms with Crippen molar-refractivity contribution < 1.29 is 22.7 Å². The van der Waals surface area contributed by atoms with Gasteiger partial charge in [0.1, 0.15) is 11.5 Å². The number of para-hydroxylation sites is 1. The topological polar surface area (TPSA) is 78.9 Å². The molecule has 0 fully saturated rings. The summed E-state index contributed by atoms with van der Waals surface area (Å²) in [5, 5.41) is 0. The second kappa shape index (κ2) is 8.26. The first kappa shape index (κ1) is 17.7. The Kier molecular flexibility index (Phi) is 6.08. The predicted octanol–water partition coefficient (Wildman–Crippen LogP) is 2.36. The van der Waals surface area contributed by atoms with Gasteiger partial charge in [-0.25, -0.2) is 4.21 Å². The number of carbonyl (C=O) groups excluding carboxylic acids is 1. The molecule has 1 atom stereocenters. The van der Waals surface area contributed by atoms with Crippen LogP contribution in [-0.4, -0.2) is 23.0 Å². The van der Waals surface area contributed by atoms with Gasteiger partial charge in [-0.1, -0.05) is 18.2 Å². The minimum atomic E-state index is -1.90. The fourth-order valence-corrected chi connectivity index (χ4v) is 2.48. The van der Waals surface area contributed by atoms with Crippen LogP contribution in [0.4, 0.5) is 0 Å². The molecule has 0 saturated heterocycles. The van der Waals surface area contributed by atoms with Gasteiger partial charge in [0, 0.05) is 5.56 Å². The molecule has 0 aliphatic carbocycles. The first-order chi connectivity index (χ1) is 11.5. The van der Waals surface area contributed by atoms with Crippen LogP contribution in [0.3, 0.4) is 0 Å². The van der Waals surface area contributed by atoms with Crippen LogP contribution < -0.4 is 14.3 Å². The molecule has 0 bridgehead atoms. The van der Waals surface area contributed by atoms with Gasteiger partial charge in [-0.15, -0.1) is 0 Å². The van der Waals surface area contributed by atoms with E-state index in [1.807, 2.05) is 6.07 Å². The zero-order valence-corrected chi connectivity index (χ0v) is 14.0. The monoisotopic (exact) mass is 348 g/mol. The average molecular weight is 348 g/mol. The molecule has 0 N–H and O–H groups in total. The molecular weight excluding hydrogens is 332 g/mol. The summed E-state index contributed by atoms with van der Waals surface area (Å²) in [6, 6.07) is 13.2.